The van der Waals surface area contributed by atoms with E-state index in [0.29, 0.717) is 0 Å². The molecule has 1 saturated heterocycles. The summed E-state index contributed by atoms with van der Waals surface area (Å²) in [5.74, 6) is 0.254. The lowest BCUT2D eigenvalue weighted by molar-refractivity contribution is -0.275. The summed E-state index contributed by atoms with van der Waals surface area (Å²) in [5.41, 5.74) is 0.801. The van der Waals surface area contributed by atoms with Gasteiger partial charge in [-0.05, 0) is 61.1 Å². The van der Waals surface area contributed by atoms with E-state index in [2.05, 4.69) is 11.7 Å². The number of unbranched alkanes of at least 4 members (excludes halogenated alkanes) is 2. The van der Waals surface area contributed by atoms with Crippen molar-refractivity contribution in [3.05, 3.63) is 29.6 Å². The summed E-state index contributed by atoms with van der Waals surface area (Å²) in [6, 6.07) is 8.51. The lowest BCUT2D eigenvalue weighted by Gasteiger charge is -2.32. The minimum absolute atomic E-state index is 0.0513. The standard InChI is InChI=1S/C25H37F4OSi/c1-2-3-4-15-31-16-13-20(14-17-31)6-5-19-7-9-21(10-8-19)22-11-12-24(23(26)18-22)30-25(27,28)29/h11-12,18-21H,2-10,13-17H2,1H3. The molecule has 1 nitrogen and oxygen atoms in total. The summed E-state index contributed by atoms with van der Waals surface area (Å²) in [5, 5.41) is 0. The van der Waals surface area contributed by atoms with Gasteiger partial charge in [-0.15, -0.1) is 13.2 Å². The minimum atomic E-state index is -4.86. The molecule has 1 aromatic carbocycles. The van der Waals surface area contributed by atoms with Gasteiger partial charge in [0.05, 0.1) is 0 Å². The van der Waals surface area contributed by atoms with Gasteiger partial charge in [-0.1, -0.05) is 76.1 Å². The predicted molar refractivity (Wildman–Crippen MR) is 119 cm³/mol. The normalized spacial score (nSPS) is 23.8. The maximum atomic E-state index is 14.0. The molecule has 3 rings (SSSR count). The number of benzene rings is 1. The Labute approximate surface area is 186 Å². The molecule has 1 heterocycles. The van der Waals surface area contributed by atoms with Crippen molar-refractivity contribution >= 4 is 8.80 Å². The van der Waals surface area contributed by atoms with Crippen LogP contribution < -0.4 is 4.74 Å². The number of ether oxygens (including phenoxy) is 1. The first kappa shape index (κ1) is 24.6. The number of hydrogen-bond acceptors (Lipinski definition) is 1. The van der Waals surface area contributed by atoms with E-state index in [1.54, 1.807) is 6.07 Å². The third-order valence-corrected chi connectivity index (χ3v) is 10.5. The highest BCUT2D eigenvalue weighted by Crippen LogP contribution is 2.40. The number of alkyl halides is 3. The Morgan fingerprint density at radius 3 is 2.16 bits per heavy atom. The molecule has 1 aliphatic heterocycles. The molecular formula is C25H37F4OSi. The first-order valence-electron chi connectivity index (χ1n) is 12.2. The summed E-state index contributed by atoms with van der Waals surface area (Å²) in [6.07, 6.45) is 9.15. The van der Waals surface area contributed by atoms with Crippen LogP contribution in [0, 0.1) is 17.7 Å². The van der Waals surface area contributed by atoms with Crippen LogP contribution in [0.15, 0.2) is 18.2 Å². The Balaban J connectivity index is 1.36. The van der Waals surface area contributed by atoms with Gasteiger partial charge in [0.2, 0.25) is 0 Å². The van der Waals surface area contributed by atoms with Crippen molar-refractivity contribution in [1.82, 2.24) is 0 Å². The van der Waals surface area contributed by atoms with E-state index in [-0.39, 0.29) is 14.7 Å². The van der Waals surface area contributed by atoms with E-state index in [1.807, 2.05) is 0 Å². The SMILES string of the molecule is CCCCC[Si]1CCC(CCC2CCC(c3ccc(OC(F)(F)F)c(F)c3)CC2)CC1. The van der Waals surface area contributed by atoms with E-state index < -0.39 is 17.9 Å². The van der Waals surface area contributed by atoms with Gasteiger partial charge in [0, 0.05) is 8.80 Å². The maximum absolute atomic E-state index is 14.0. The first-order valence-corrected chi connectivity index (χ1v) is 14.3. The second-order valence-electron chi connectivity index (χ2n) is 9.68. The van der Waals surface area contributed by atoms with Crippen LogP contribution in [0.25, 0.3) is 0 Å². The largest absolute Gasteiger partial charge is 0.573 e. The van der Waals surface area contributed by atoms with Gasteiger partial charge in [-0.2, -0.15) is 0 Å². The summed E-state index contributed by atoms with van der Waals surface area (Å²) in [4.78, 5) is 0. The van der Waals surface area contributed by atoms with Crippen molar-refractivity contribution in [3.63, 3.8) is 0 Å². The van der Waals surface area contributed by atoms with Crippen LogP contribution in [-0.2, 0) is 0 Å². The van der Waals surface area contributed by atoms with Crippen molar-refractivity contribution in [2.75, 3.05) is 0 Å². The molecule has 175 valence electrons. The zero-order valence-electron chi connectivity index (χ0n) is 18.8. The van der Waals surface area contributed by atoms with E-state index >= 15 is 0 Å². The van der Waals surface area contributed by atoms with Crippen LogP contribution in [0.5, 0.6) is 5.75 Å². The molecule has 0 unspecified atom stereocenters. The Kier molecular flexibility index (Phi) is 9.29. The van der Waals surface area contributed by atoms with Crippen LogP contribution in [0.3, 0.4) is 0 Å². The Hall–Kier alpha value is -1.04. The quantitative estimate of drug-likeness (QED) is 0.204. The smallest absolute Gasteiger partial charge is 0.403 e. The van der Waals surface area contributed by atoms with Gasteiger partial charge < -0.3 is 4.74 Å². The van der Waals surface area contributed by atoms with Crippen LogP contribution in [0.1, 0.15) is 89.0 Å². The summed E-state index contributed by atoms with van der Waals surface area (Å²) in [7, 11) is -0.0513. The average Bonchev–Trinajstić information content (AvgIpc) is 2.74. The third-order valence-electron chi connectivity index (χ3n) is 7.43. The molecule has 1 aliphatic carbocycles. The molecule has 0 amide bonds. The van der Waals surface area contributed by atoms with E-state index in [1.165, 1.54) is 69.1 Å². The summed E-state index contributed by atoms with van der Waals surface area (Å²) < 4.78 is 54.7. The lowest BCUT2D eigenvalue weighted by atomic mass is 9.76. The monoisotopic (exact) mass is 457 g/mol. The zero-order chi connectivity index (χ0) is 22.3. The van der Waals surface area contributed by atoms with Gasteiger partial charge in [0.1, 0.15) is 0 Å². The van der Waals surface area contributed by atoms with E-state index in [0.717, 1.165) is 49.1 Å². The summed E-state index contributed by atoms with van der Waals surface area (Å²) in [6.45, 7) is 2.28. The van der Waals surface area contributed by atoms with Crippen molar-refractivity contribution in [3.8, 4) is 5.75 Å². The molecule has 1 radical (unpaired) electrons. The molecule has 2 aliphatic rings. The number of halogens is 4. The fourth-order valence-electron chi connectivity index (χ4n) is 5.48. The van der Waals surface area contributed by atoms with Crippen molar-refractivity contribution < 1.29 is 22.3 Å². The highest BCUT2D eigenvalue weighted by Gasteiger charge is 2.33. The van der Waals surface area contributed by atoms with Crippen LogP contribution in [-0.4, -0.2) is 15.2 Å². The number of hydrogen-bond donors (Lipinski definition) is 0. The highest BCUT2D eigenvalue weighted by molar-refractivity contribution is 6.58. The van der Waals surface area contributed by atoms with Crippen molar-refractivity contribution in [2.24, 2.45) is 11.8 Å². The van der Waals surface area contributed by atoms with Gasteiger partial charge >= 0.3 is 6.36 Å². The summed E-state index contributed by atoms with van der Waals surface area (Å²) >= 11 is 0. The molecule has 0 N–H and O–H groups in total. The van der Waals surface area contributed by atoms with Gasteiger partial charge in [-0.3, -0.25) is 0 Å². The van der Waals surface area contributed by atoms with Crippen LogP contribution >= 0.6 is 0 Å². The van der Waals surface area contributed by atoms with E-state index in [9.17, 15) is 17.6 Å². The fraction of sp³-hybridized carbons (Fsp3) is 0.760. The van der Waals surface area contributed by atoms with Gasteiger partial charge in [0.25, 0.3) is 0 Å². The van der Waals surface area contributed by atoms with Gasteiger partial charge in [0.15, 0.2) is 11.6 Å². The Morgan fingerprint density at radius 2 is 1.58 bits per heavy atom. The molecule has 31 heavy (non-hydrogen) atoms. The predicted octanol–water partition coefficient (Wildman–Crippen LogP) is 8.87. The zero-order valence-corrected chi connectivity index (χ0v) is 19.8. The van der Waals surface area contributed by atoms with Crippen LogP contribution in [0.4, 0.5) is 17.6 Å². The second-order valence-corrected chi connectivity index (χ2v) is 12.7. The topological polar surface area (TPSA) is 9.23 Å². The molecule has 6 heteroatoms. The third kappa shape index (κ3) is 8.10. The molecule has 0 aromatic heterocycles. The van der Waals surface area contributed by atoms with Crippen molar-refractivity contribution in [1.29, 1.82) is 0 Å². The number of rotatable bonds is 9. The minimum Gasteiger partial charge on any atom is -0.403 e. The first-order chi connectivity index (χ1) is 14.8. The molecule has 0 bridgehead atoms. The Bertz CT molecular complexity index is 662. The van der Waals surface area contributed by atoms with Crippen LogP contribution in [0.2, 0.25) is 18.1 Å². The lowest BCUT2D eigenvalue weighted by Crippen LogP contribution is -2.22. The molecule has 1 saturated carbocycles. The Morgan fingerprint density at radius 1 is 0.935 bits per heavy atom. The van der Waals surface area contributed by atoms with E-state index in [4.69, 9.17) is 0 Å². The average molecular weight is 458 g/mol. The van der Waals surface area contributed by atoms with Crippen molar-refractivity contribution in [2.45, 2.75) is 108 Å². The molecule has 2 fully saturated rings. The highest BCUT2D eigenvalue weighted by atomic mass is 28.3. The molecule has 0 atom stereocenters. The van der Waals surface area contributed by atoms with Gasteiger partial charge in [-0.25, -0.2) is 4.39 Å². The second kappa shape index (κ2) is 11.7. The fourth-order valence-corrected chi connectivity index (χ4v) is 8.62. The molecular weight excluding hydrogens is 420 g/mol. The maximum Gasteiger partial charge on any atom is 0.573 e. The molecule has 1 aromatic rings. The molecule has 0 spiro atoms.